The van der Waals surface area contributed by atoms with Gasteiger partial charge in [0.2, 0.25) is 11.7 Å². The molecule has 1 aliphatic rings. The maximum atomic E-state index is 13.0. The number of pyridine rings is 2. The highest BCUT2D eigenvalue weighted by Gasteiger charge is 2.32. The third kappa shape index (κ3) is 4.90. The number of hydrogen-bond acceptors (Lipinski definition) is 6. The maximum Gasteiger partial charge on any atom is 0.407 e. The van der Waals surface area contributed by atoms with Crippen molar-refractivity contribution in [2.24, 2.45) is 5.92 Å². The zero-order valence-corrected chi connectivity index (χ0v) is 18.5. The van der Waals surface area contributed by atoms with E-state index in [4.69, 9.17) is 21.1 Å². The van der Waals surface area contributed by atoms with E-state index in [1.807, 2.05) is 0 Å². The van der Waals surface area contributed by atoms with Crippen LogP contribution in [0.3, 0.4) is 0 Å². The maximum absolute atomic E-state index is 13.0. The molecule has 4 rings (SSSR count). The number of aromatic nitrogens is 2. The number of rotatable bonds is 5. The molecule has 0 radical (unpaired) electrons. The number of carbonyl (C=O) groups is 3. The molecule has 0 bridgehead atoms. The van der Waals surface area contributed by atoms with Crippen LogP contribution >= 0.6 is 11.6 Å². The van der Waals surface area contributed by atoms with Crippen LogP contribution < -0.4 is 10.6 Å². The van der Waals surface area contributed by atoms with Crippen LogP contribution in [0.4, 0.5) is 16.3 Å². The first kappa shape index (κ1) is 22.5. The lowest BCUT2D eigenvalue weighted by Gasteiger charge is -2.32. The molecule has 0 aromatic carbocycles. The van der Waals surface area contributed by atoms with Gasteiger partial charge >= 0.3 is 6.09 Å². The minimum absolute atomic E-state index is 0.0897. The summed E-state index contributed by atoms with van der Waals surface area (Å²) in [5.74, 6) is -0.988. The molecule has 0 saturated heterocycles. The summed E-state index contributed by atoms with van der Waals surface area (Å²) in [6.45, 7) is 0. The molecule has 0 aliphatic heterocycles. The van der Waals surface area contributed by atoms with Crippen molar-refractivity contribution < 1.29 is 23.9 Å². The normalized spacial score (nSPS) is 18.0. The molecule has 3 amide bonds. The van der Waals surface area contributed by atoms with Gasteiger partial charge in [-0.25, -0.2) is 9.78 Å². The highest BCUT2D eigenvalue weighted by atomic mass is 35.5. The Morgan fingerprint density at radius 2 is 1.88 bits per heavy atom. The molecule has 0 unspecified atom stereocenters. The van der Waals surface area contributed by atoms with Crippen molar-refractivity contribution in [3.8, 4) is 0 Å². The number of anilines is 2. The number of furan rings is 1. The largest absolute Gasteiger partial charge is 0.465 e. The number of nitrogens with zero attached hydrogens (tertiary/aromatic N) is 3. The molecule has 0 spiro atoms. The summed E-state index contributed by atoms with van der Waals surface area (Å²) < 4.78 is 5.70. The van der Waals surface area contributed by atoms with Gasteiger partial charge in [0.1, 0.15) is 17.0 Å². The molecule has 1 fully saturated rings. The number of amides is 3. The van der Waals surface area contributed by atoms with Crippen molar-refractivity contribution in [1.29, 1.82) is 0 Å². The van der Waals surface area contributed by atoms with Gasteiger partial charge in [-0.05, 0) is 49.9 Å². The Balaban J connectivity index is 1.52. The van der Waals surface area contributed by atoms with Gasteiger partial charge in [0.25, 0.3) is 5.91 Å². The smallest absolute Gasteiger partial charge is 0.407 e. The van der Waals surface area contributed by atoms with Crippen molar-refractivity contribution in [2.45, 2.75) is 31.7 Å². The first-order chi connectivity index (χ1) is 15.8. The van der Waals surface area contributed by atoms with E-state index in [9.17, 15) is 14.4 Å². The number of carboxylic acid groups (broad SMARTS) is 1. The van der Waals surface area contributed by atoms with E-state index in [-0.39, 0.29) is 35.1 Å². The Hall–Kier alpha value is -3.66. The highest BCUT2D eigenvalue weighted by molar-refractivity contribution is 6.30. The SMILES string of the molecule is CN(C(=O)O)C1CCC(C(=O)Nc2c(C(=O)Nc3ccc(Cl)cn3)oc3cccnc23)CC1. The number of carbonyl (C=O) groups excluding carboxylic acids is 2. The van der Waals surface area contributed by atoms with Gasteiger partial charge in [-0.1, -0.05) is 11.6 Å². The first-order valence-electron chi connectivity index (χ1n) is 10.4. The molecule has 172 valence electrons. The van der Waals surface area contributed by atoms with Crippen LogP contribution in [0, 0.1) is 5.92 Å². The van der Waals surface area contributed by atoms with Gasteiger partial charge in [0.15, 0.2) is 5.58 Å². The van der Waals surface area contributed by atoms with Gasteiger partial charge in [0.05, 0.1) is 5.02 Å². The van der Waals surface area contributed by atoms with E-state index in [0.717, 1.165) is 0 Å². The molecular formula is C22H22ClN5O5. The summed E-state index contributed by atoms with van der Waals surface area (Å²) in [4.78, 5) is 46.7. The molecule has 11 heteroatoms. The average Bonchev–Trinajstić information content (AvgIpc) is 3.18. The predicted octanol–water partition coefficient (Wildman–Crippen LogP) is 4.24. The Bertz CT molecular complexity index is 1190. The lowest BCUT2D eigenvalue weighted by molar-refractivity contribution is -0.121. The Kier molecular flexibility index (Phi) is 6.45. The molecule has 3 aromatic rings. The van der Waals surface area contributed by atoms with E-state index >= 15 is 0 Å². The number of hydrogen-bond donors (Lipinski definition) is 3. The third-order valence-electron chi connectivity index (χ3n) is 5.79. The number of nitrogens with one attached hydrogen (secondary N) is 2. The van der Waals surface area contributed by atoms with Gasteiger partial charge in [-0.2, -0.15) is 0 Å². The van der Waals surface area contributed by atoms with Crippen LogP contribution in [-0.4, -0.2) is 51.0 Å². The summed E-state index contributed by atoms with van der Waals surface area (Å²) in [7, 11) is 1.54. The molecule has 3 N–H and O–H groups in total. The van der Waals surface area contributed by atoms with Crippen LogP contribution in [0.2, 0.25) is 5.02 Å². The Labute approximate surface area is 193 Å². The van der Waals surface area contributed by atoms with Crippen molar-refractivity contribution in [3.05, 3.63) is 47.4 Å². The summed E-state index contributed by atoms with van der Waals surface area (Å²) >= 11 is 5.84. The van der Waals surface area contributed by atoms with Gasteiger partial charge in [-0.3, -0.25) is 14.6 Å². The molecular weight excluding hydrogens is 450 g/mol. The van der Waals surface area contributed by atoms with E-state index in [1.54, 1.807) is 30.5 Å². The zero-order valence-electron chi connectivity index (χ0n) is 17.7. The van der Waals surface area contributed by atoms with Crippen LogP contribution in [-0.2, 0) is 4.79 Å². The monoisotopic (exact) mass is 471 g/mol. The average molecular weight is 472 g/mol. The number of halogens is 1. The van der Waals surface area contributed by atoms with Crippen molar-refractivity contribution in [1.82, 2.24) is 14.9 Å². The molecule has 1 aliphatic carbocycles. The Morgan fingerprint density at radius 3 is 2.55 bits per heavy atom. The van der Waals surface area contributed by atoms with Crippen LogP contribution in [0.25, 0.3) is 11.1 Å². The summed E-state index contributed by atoms with van der Waals surface area (Å²) in [6.07, 6.45) is 4.20. The van der Waals surface area contributed by atoms with E-state index in [1.165, 1.54) is 18.1 Å². The molecule has 10 nitrogen and oxygen atoms in total. The quantitative estimate of drug-likeness (QED) is 0.506. The number of fused-ring (bicyclic) bond motifs is 1. The second kappa shape index (κ2) is 9.45. The summed E-state index contributed by atoms with van der Waals surface area (Å²) in [6, 6.07) is 6.34. The molecule has 3 heterocycles. The fourth-order valence-electron chi connectivity index (χ4n) is 3.93. The minimum atomic E-state index is -0.982. The highest BCUT2D eigenvalue weighted by Crippen LogP contribution is 2.33. The lowest BCUT2D eigenvalue weighted by Crippen LogP contribution is -2.40. The van der Waals surface area contributed by atoms with Crippen LogP contribution in [0.1, 0.15) is 36.2 Å². The molecule has 0 atom stereocenters. The van der Waals surface area contributed by atoms with Crippen LogP contribution in [0.15, 0.2) is 41.1 Å². The Morgan fingerprint density at radius 1 is 1.12 bits per heavy atom. The van der Waals surface area contributed by atoms with Gasteiger partial charge in [-0.15, -0.1) is 0 Å². The van der Waals surface area contributed by atoms with Crippen molar-refractivity contribution in [2.75, 3.05) is 17.7 Å². The zero-order chi connectivity index (χ0) is 23.5. The predicted molar refractivity (Wildman–Crippen MR) is 121 cm³/mol. The van der Waals surface area contributed by atoms with E-state index in [0.29, 0.717) is 41.8 Å². The van der Waals surface area contributed by atoms with Crippen LogP contribution in [0.5, 0.6) is 0 Å². The molecule has 1 saturated carbocycles. The summed E-state index contributed by atoms with van der Waals surface area (Å²) in [5, 5.41) is 15.0. The molecule has 33 heavy (non-hydrogen) atoms. The second-order valence-electron chi connectivity index (χ2n) is 7.86. The van der Waals surface area contributed by atoms with Gasteiger partial charge < -0.3 is 25.1 Å². The summed E-state index contributed by atoms with van der Waals surface area (Å²) in [5.41, 5.74) is 0.903. The topological polar surface area (TPSA) is 138 Å². The third-order valence-corrected chi connectivity index (χ3v) is 6.01. The van der Waals surface area contributed by atoms with E-state index < -0.39 is 12.0 Å². The van der Waals surface area contributed by atoms with E-state index in [2.05, 4.69) is 20.6 Å². The van der Waals surface area contributed by atoms with Crippen molar-refractivity contribution in [3.63, 3.8) is 0 Å². The standard InChI is InChI=1S/C22H22ClN5O5/c1-28(22(31)32)14-7-4-12(5-8-14)20(29)27-18-17-15(3-2-10-24-17)33-19(18)21(30)26-16-9-6-13(23)11-25-16/h2-3,6,9-12,14H,4-5,7-8H2,1H3,(H,27,29)(H,31,32)(H,25,26,30). The molecule has 3 aromatic heterocycles. The minimum Gasteiger partial charge on any atom is -0.465 e. The first-order valence-corrected chi connectivity index (χ1v) is 10.8. The lowest BCUT2D eigenvalue weighted by atomic mass is 9.85. The second-order valence-corrected chi connectivity index (χ2v) is 8.30. The fourth-order valence-corrected chi connectivity index (χ4v) is 4.05. The fraction of sp³-hybridized carbons (Fsp3) is 0.318. The van der Waals surface area contributed by atoms with Gasteiger partial charge in [0, 0.05) is 31.4 Å². The van der Waals surface area contributed by atoms with Crippen molar-refractivity contribution >= 4 is 52.1 Å².